The lowest BCUT2D eigenvalue weighted by molar-refractivity contribution is 0.0745. The number of hydrogen-bond donors (Lipinski definition) is 0. The molecule has 2 aromatic heterocycles. The van der Waals surface area contributed by atoms with Crippen LogP contribution in [-0.4, -0.2) is 56.7 Å². The van der Waals surface area contributed by atoms with Crippen LogP contribution >= 0.6 is 0 Å². The molecule has 2 aromatic rings. The number of anilines is 1. The van der Waals surface area contributed by atoms with E-state index in [0.29, 0.717) is 13.1 Å². The van der Waals surface area contributed by atoms with E-state index >= 15 is 0 Å². The average molecular weight is 342 g/mol. The van der Waals surface area contributed by atoms with E-state index < -0.39 is 0 Å². The number of amides is 1. The van der Waals surface area contributed by atoms with Gasteiger partial charge in [-0.2, -0.15) is 5.10 Å². The van der Waals surface area contributed by atoms with Crippen LogP contribution in [0.4, 0.5) is 5.95 Å². The highest BCUT2D eigenvalue weighted by molar-refractivity contribution is 5.95. The van der Waals surface area contributed by atoms with Crippen LogP contribution in [0.3, 0.4) is 0 Å². The molecule has 1 saturated heterocycles. The van der Waals surface area contributed by atoms with Crippen LogP contribution in [-0.2, 0) is 13.0 Å². The van der Waals surface area contributed by atoms with Gasteiger partial charge < -0.3 is 9.80 Å². The third-order valence-corrected chi connectivity index (χ3v) is 4.63. The largest absolute Gasteiger partial charge is 0.337 e. The summed E-state index contributed by atoms with van der Waals surface area (Å²) >= 11 is 0. The van der Waals surface area contributed by atoms with Gasteiger partial charge in [-0.05, 0) is 33.3 Å². The second-order valence-corrected chi connectivity index (χ2v) is 6.40. The van der Waals surface area contributed by atoms with Gasteiger partial charge in [-0.25, -0.2) is 9.97 Å². The Kier molecular flexibility index (Phi) is 5.01. The van der Waals surface area contributed by atoms with Gasteiger partial charge in [0, 0.05) is 44.1 Å². The Hall–Kier alpha value is -2.44. The molecule has 1 amide bonds. The van der Waals surface area contributed by atoms with Crippen molar-refractivity contribution < 1.29 is 4.79 Å². The summed E-state index contributed by atoms with van der Waals surface area (Å²) in [6.07, 6.45) is 2.52. The van der Waals surface area contributed by atoms with E-state index in [1.165, 1.54) is 0 Å². The second kappa shape index (κ2) is 7.21. The Labute approximate surface area is 148 Å². The minimum Gasteiger partial charge on any atom is -0.337 e. The smallest absolute Gasteiger partial charge is 0.257 e. The maximum atomic E-state index is 12.9. The third-order valence-electron chi connectivity index (χ3n) is 4.63. The first-order valence-electron chi connectivity index (χ1n) is 8.94. The molecule has 0 atom stereocenters. The van der Waals surface area contributed by atoms with E-state index in [1.54, 1.807) is 6.20 Å². The second-order valence-electron chi connectivity index (χ2n) is 6.40. The predicted octanol–water partition coefficient (Wildman–Crippen LogP) is 1.83. The number of hydrogen-bond acceptors (Lipinski definition) is 5. The van der Waals surface area contributed by atoms with Crippen molar-refractivity contribution in [3.05, 3.63) is 34.9 Å². The molecule has 0 aliphatic carbocycles. The summed E-state index contributed by atoms with van der Waals surface area (Å²) in [6, 6.07) is 1.97. The van der Waals surface area contributed by atoms with Gasteiger partial charge in [0.05, 0.1) is 17.5 Å². The molecule has 0 saturated carbocycles. The Morgan fingerprint density at radius 1 is 1.08 bits per heavy atom. The van der Waals surface area contributed by atoms with E-state index in [0.717, 1.165) is 54.6 Å². The highest BCUT2D eigenvalue weighted by atomic mass is 16.2. The van der Waals surface area contributed by atoms with Crippen LogP contribution in [0.2, 0.25) is 0 Å². The molecule has 0 N–H and O–H groups in total. The van der Waals surface area contributed by atoms with E-state index in [1.807, 2.05) is 36.4 Å². The van der Waals surface area contributed by atoms with Crippen molar-refractivity contribution in [2.24, 2.45) is 0 Å². The SMILES string of the molecule is CCc1c(C(=O)N2CCN(c3nc(C)cc(C)n3)CC2)cnn1CC. The lowest BCUT2D eigenvalue weighted by atomic mass is 10.1. The fraction of sp³-hybridized carbons (Fsp3) is 0.556. The third kappa shape index (κ3) is 3.50. The molecule has 1 aliphatic heterocycles. The van der Waals surface area contributed by atoms with Gasteiger partial charge in [-0.15, -0.1) is 0 Å². The first-order chi connectivity index (χ1) is 12.0. The summed E-state index contributed by atoms with van der Waals surface area (Å²) in [6.45, 7) is 11.7. The molecule has 7 nitrogen and oxygen atoms in total. The fourth-order valence-corrected chi connectivity index (χ4v) is 3.36. The maximum Gasteiger partial charge on any atom is 0.257 e. The fourth-order valence-electron chi connectivity index (χ4n) is 3.36. The van der Waals surface area contributed by atoms with Gasteiger partial charge in [-0.1, -0.05) is 6.92 Å². The van der Waals surface area contributed by atoms with Crippen LogP contribution in [0.15, 0.2) is 12.3 Å². The number of piperazine rings is 1. The molecule has 3 heterocycles. The van der Waals surface area contributed by atoms with Crippen LogP contribution in [0.1, 0.15) is 41.3 Å². The molecular formula is C18H26N6O. The summed E-state index contributed by atoms with van der Waals surface area (Å²) in [5, 5.41) is 4.34. The molecule has 1 aliphatic rings. The van der Waals surface area contributed by atoms with Gasteiger partial charge in [0.2, 0.25) is 5.95 Å². The standard InChI is InChI=1S/C18H26N6O/c1-5-16-15(12-19-24(16)6-2)17(25)22-7-9-23(10-8-22)18-20-13(3)11-14(4)21-18/h11-12H,5-10H2,1-4H3. The van der Waals surface area contributed by atoms with Crippen LogP contribution in [0.25, 0.3) is 0 Å². The first kappa shape index (κ1) is 17.4. The van der Waals surface area contributed by atoms with Gasteiger partial charge in [0.25, 0.3) is 5.91 Å². The summed E-state index contributed by atoms with van der Waals surface area (Å²) in [5.41, 5.74) is 3.70. The van der Waals surface area contributed by atoms with Gasteiger partial charge >= 0.3 is 0 Å². The minimum atomic E-state index is 0.0811. The normalized spacial score (nSPS) is 14.9. The number of aryl methyl sites for hydroxylation is 3. The molecular weight excluding hydrogens is 316 g/mol. The van der Waals surface area contributed by atoms with Crippen molar-refractivity contribution >= 4 is 11.9 Å². The maximum absolute atomic E-state index is 12.9. The number of carbonyl (C=O) groups excluding carboxylic acids is 1. The molecule has 0 bridgehead atoms. The Morgan fingerprint density at radius 2 is 1.72 bits per heavy atom. The molecule has 1 fully saturated rings. The summed E-state index contributed by atoms with van der Waals surface area (Å²) in [5.74, 6) is 0.843. The van der Waals surface area contributed by atoms with E-state index in [9.17, 15) is 4.79 Å². The molecule has 0 spiro atoms. The number of aromatic nitrogens is 4. The average Bonchev–Trinajstić information content (AvgIpc) is 3.03. The van der Waals surface area contributed by atoms with Gasteiger partial charge in [0.1, 0.15) is 0 Å². The van der Waals surface area contributed by atoms with E-state index in [2.05, 4.69) is 26.9 Å². The number of carbonyl (C=O) groups is 1. The van der Waals surface area contributed by atoms with Crippen molar-refractivity contribution in [2.75, 3.05) is 31.1 Å². The van der Waals surface area contributed by atoms with Crippen molar-refractivity contribution in [3.63, 3.8) is 0 Å². The minimum absolute atomic E-state index is 0.0811. The zero-order chi connectivity index (χ0) is 18.0. The molecule has 0 radical (unpaired) electrons. The zero-order valence-electron chi connectivity index (χ0n) is 15.5. The summed E-state index contributed by atoms with van der Waals surface area (Å²) in [4.78, 5) is 26.0. The summed E-state index contributed by atoms with van der Waals surface area (Å²) in [7, 11) is 0. The van der Waals surface area contributed by atoms with Crippen molar-refractivity contribution in [2.45, 2.75) is 40.7 Å². The highest BCUT2D eigenvalue weighted by Gasteiger charge is 2.26. The monoisotopic (exact) mass is 342 g/mol. The molecule has 3 rings (SSSR count). The van der Waals surface area contributed by atoms with Crippen molar-refractivity contribution in [3.8, 4) is 0 Å². The summed E-state index contributed by atoms with van der Waals surface area (Å²) < 4.78 is 1.91. The quantitative estimate of drug-likeness (QED) is 0.848. The molecule has 134 valence electrons. The topological polar surface area (TPSA) is 67.2 Å². The molecule has 25 heavy (non-hydrogen) atoms. The van der Waals surface area contributed by atoms with Gasteiger partial charge in [-0.3, -0.25) is 9.48 Å². The Morgan fingerprint density at radius 3 is 2.28 bits per heavy atom. The van der Waals surface area contributed by atoms with Crippen molar-refractivity contribution in [1.82, 2.24) is 24.6 Å². The zero-order valence-corrected chi connectivity index (χ0v) is 15.5. The highest BCUT2D eigenvalue weighted by Crippen LogP contribution is 2.17. The van der Waals surface area contributed by atoms with Crippen LogP contribution in [0.5, 0.6) is 0 Å². The van der Waals surface area contributed by atoms with Crippen molar-refractivity contribution in [1.29, 1.82) is 0 Å². The first-order valence-corrected chi connectivity index (χ1v) is 8.94. The molecule has 0 aromatic carbocycles. The molecule has 0 unspecified atom stereocenters. The van der Waals surface area contributed by atoms with Gasteiger partial charge in [0.15, 0.2) is 0 Å². The van der Waals surface area contributed by atoms with E-state index in [-0.39, 0.29) is 5.91 Å². The van der Waals surface area contributed by atoms with E-state index in [4.69, 9.17) is 0 Å². The number of nitrogens with zero attached hydrogens (tertiary/aromatic N) is 6. The van der Waals surface area contributed by atoms with Crippen LogP contribution in [0, 0.1) is 13.8 Å². The Balaban J connectivity index is 1.70. The number of rotatable bonds is 4. The Bertz CT molecular complexity index is 741. The predicted molar refractivity (Wildman–Crippen MR) is 96.9 cm³/mol. The van der Waals surface area contributed by atoms with Crippen LogP contribution < -0.4 is 4.90 Å². The molecule has 7 heteroatoms. The lowest BCUT2D eigenvalue weighted by Crippen LogP contribution is -2.49. The lowest BCUT2D eigenvalue weighted by Gasteiger charge is -2.35.